The first kappa shape index (κ1) is 26.6. The maximum absolute atomic E-state index is 16.1. The van der Waals surface area contributed by atoms with E-state index in [-0.39, 0.29) is 22.4 Å². The number of nitrogens with zero attached hydrogens (tertiary/aromatic N) is 3. The Hall–Kier alpha value is -3.61. The second kappa shape index (κ2) is 9.50. The van der Waals surface area contributed by atoms with Gasteiger partial charge in [-0.05, 0) is 29.5 Å². The van der Waals surface area contributed by atoms with Gasteiger partial charge >= 0.3 is 0 Å². The van der Waals surface area contributed by atoms with E-state index >= 15 is 4.39 Å². The fourth-order valence-corrected chi connectivity index (χ4v) is 6.74. The molecule has 2 unspecified atom stereocenters. The van der Waals surface area contributed by atoms with Crippen LogP contribution in [0.1, 0.15) is 65.3 Å². The van der Waals surface area contributed by atoms with Crippen LogP contribution in [-0.2, 0) is 24.3 Å². The summed E-state index contributed by atoms with van der Waals surface area (Å²) in [6.45, 7) is 9.28. The van der Waals surface area contributed by atoms with Crippen molar-refractivity contribution in [3.63, 3.8) is 0 Å². The average Bonchev–Trinajstić information content (AvgIpc) is 3.55. The van der Waals surface area contributed by atoms with Gasteiger partial charge in [0.25, 0.3) is 11.5 Å². The van der Waals surface area contributed by atoms with Crippen LogP contribution in [0.3, 0.4) is 0 Å². The lowest BCUT2D eigenvalue weighted by Gasteiger charge is -2.34. The molecule has 0 fully saturated rings. The summed E-state index contributed by atoms with van der Waals surface area (Å²) in [5.74, 6) is -0.498. The average molecular weight is 567 g/mol. The molecule has 1 amide bonds. The highest BCUT2D eigenvalue weighted by atomic mass is 32.1. The van der Waals surface area contributed by atoms with Crippen LogP contribution in [0.25, 0.3) is 5.57 Å². The van der Waals surface area contributed by atoms with Gasteiger partial charge in [0.1, 0.15) is 11.5 Å². The van der Waals surface area contributed by atoms with Gasteiger partial charge < -0.3 is 20.5 Å². The van der Waals surface area contributed by atoms with Crippen LogP contribution in [0.4, 0.5) is 15.9 Å². The molecule has 0 spiro atoms. The zero-order chi connectivity index (χ0) is 28.4. The van der Waals surface area contributed by atoms with Crippen LogP contribution in [-0.4, -0.2) is 43.6 Å². The first-order valence-electron chi connectivity index (χ1n) is 13.1. The van der Waals surface area contributed by atoms with Gasteiger partial charge in [0, 0.05) is 21.9 Å². The van der Waals surface area contributed by atoms with Gasteiger partial charge in [-0.25, -0.2) is 9.49 Å². The van der Waals surface area contributed by atoms with Gasteiger partial charge in [0.05, 0.1) is 48.2 Å². The number of allylic oxidation sites excluding steroid dienone is 2. The molecule has 3 aliphatic rings. The minimum absolute atomic E-state index is 0.160. The van der Waals surface area contributed by atoms with Crippen molar-refractivity contribution in [3.05, 3.63) is 73.2 Å². The molecule has 10 nitrogen and oxygen atoms in total. The normalized spacial score (nSPS) is 22.6. The number of H-pyrrole nitrogens is 1. The number of amides is 1. The van der Waals surface area contributed by atoms with Crippen molar-refractivity contribution < 1.29 is 19.0 Å². The zero-order valence-corrected chi connectivity index (χ0v) is 23.5. The van der Waals surface area contributed by atoms with E-state index in [9.17, 15) is 14.7 Å². The lowest BCUT2D eigenvalue weighted by atomic mass is 9.78. The number of aromatic amines is 1. The highest BCUT2D eigenvalue weighted by molar-refractivity contribution is 7.14. The van der Waals surface area contributed by atoms with Crippen LogP contribution in [0.15, 0.2) is 41.0 Å². The monoisotopic (exact) mass is 566 g/mol. The van der Waals surface area contributed by atoms with Crippen molar-refractivity contribution in [2.75, 3.05) is 11.9 Å². The maximum atomic E-state index is 16.1. The summed E-state index contributed by atoms with van der Waals surface area (Å²) in [4.78, 5) is 27.2. The van der Waals surface area contributed by atoms with Crippen LogP contribution in [0, 0.1) is 10.8 Å². The van der Waals surface area contributed by atoms with E-state index in [0.717, 1.165) is 16.1 Å². The van der Waals surface area contributed by atoms with Gasteiger partial charge in [0.2, 0.25) is 0 Å². The highest BCUT2D eigenvalue weighted by Crippen LogP contribution is 2.48. The van der Waals surface area contributed by atoms with Crippen LogP contribution in [0.5, 0.6) is 0 Å². The molecule has 40 heavy (non-hydrogen) atoms. The molecular weight excluding hydrogens is 535 g/mol. The van der Waals surface area contributed by atoms with Crippen LogP contribution < -0.4 is 16.2 Å². The van der Waals surface area contributed by atoms with Crippen molar-refractivity contribution in [2.45, 2.75) is 59.4 Å². The summed E-state index contributed by atoms with van der Waals surface area (Å²) in [5, 5.41) is 27.5. The van der Waals surface area contributed by atoms with Crippen molar-refractivity contribution >= 4 is 34.3 Å². The van der Waals surface area contributed by atoms with E-state index in [2.05, 4.69) is 25.9 Å². The van der Waals surface area contributed by atoms with E-state index in [4.69, 9.17) is 4.74 Å². The van der Waals surface area contributed by atoms with Crippen molar-refractivity contribution in [3.8, 4) is 0 Å². The fraction of sp³-hybridized carbons (Fsp3) is 0.429. The lowest BCUT2D eigenvalue weighted by Crippen LogP contribution is -2.46. The molecule has 6 rings (SSSR count). The summed E-state index contributed by atoms with van der Waals surface area (Å²) in [5.41, 5.74) is 0.695. The molecule has 2 atom stereocenters. The smallest absolute Gasteiger partial charge is 0.287 e. The summed E-state index contributed by atoms with van der Waals surface area (Å²) in [7, 11) is 0. The van der Waals surface area contributed by atoms with Crippen LogP contribution in [0.2, 0.25) is 0 Å². The molecule has 2 aliphatic carbocycles. The van der Waals surface area contributed by atoms with Gasteiger partial charge in [-0.1, -0.05) is 39.8 Å². The number of hydrogen-bond donors (Lipinski definition) is 4. The number of aliphatic hydroxyl groups excluding tert-OH is 1. The van der Waals surface area contributed by atoms with Gasteiger partial charge in [0.15, 0.2) is 5.82 Å². The number of ether oxygens (including phenoxy) is 1. The number of hydrogen-bond acceptors (Lipinski definition) is 8. The third-order valence-electron chi connectivity index (χ3n) is 7.83. The number of carbonyl (C=O) groups excluding carboxylic acids is 1. The van der Waals surface area contributed by atoms with E-state index in [1.54, 1.807) is 18.2 Å². The topological polar surface area (TPSA) is 134 Å². The van der Waals surface area contributed by atoms with Gasteiger partial charge in [-0.15, -0.1) is 11.3 Å². The lowest BCUT2D eigenvalue weighted by molar-refractivity contribution is 0.0665. The molecule has 0 radical (unpaired) electrons. The number of anilines is 2. The molecular formula is C28H31FN6O4S. The molecule has 3 aromatic rings. The SMILES string of the molecule is CC1(C)C=CC(c2cc(Nc3cc4n(n3)CCOC4)c(=O)[nH]n2)=C(F)C1NC(=O)c1cc2c(s1)CC(C)(C)C2O. The Labute approximate surface area is 234 Å². The van der Waals surface area contributed by atoms with E-state index in [1.807, 2.05) is 38.5 Å². The number of fused-ring (bicyclic) bond motifs is 2. The third-order valence-corrected chi connectivity index (χ3v) is 8.98. The van der Waals surface area contributed by atoms with Crippen molar-refractivity contribution in [2.24, 2.45) is 10.8 Å². The number of thiophene rings is 1. The number of carbonyl (C=O) groups is 1. The Morgan fingerprint density at radius 2 is 2.08 bits per heavy atom. The summed E-state index contributed by atoms with van der Waals surface area (Å²) < 4.78 is 23.4. The van der Waals surface area contributed by atoms with Gasteiger partial charge in [-0.2, -0.15) is 10.2 Å². The first-order valence-corrected chi connectivity index (χ1v) is 14.0. The number of halogens is 1. The Balaban J connectivity index is 1.26. The molecule has 0 bridgehead atoms. The third kappa shape index (κ3) is 4.59. The van der Waals surface area contributed by atoms with Crippen molar-refractivity contribution in [1.82, 2.24) is 25.3 Å². The maximum Gasteiger partial charge on any atom is 0.287 e. The predicted octanol–water partition coefficient (Wildman–Crippen LogP) is 3.99. The molecule has 0 saturated heterocycles. The van der Waals surface area contributed by atoms with Crippen LogP contribution >= 0.6 is 11.3 Å². The Bertz CT molecular complexity index is 1610. The summed E-state index contributed by atoms with van der Waals surface area (Å²) in [6.07, 6.45) is 3.47. The molecule has 12 heteroatoms. The second-order valence-corrected chi connectivity index (χ2v) is 12.9. The minimum atomic E-state index is -0.969. The van der Waals surface area contributed by atoms with E-state index < -0.39 is 34.9 Å². The second-order valence-electron chi connectivity index (χ2n) is 11.8. The molecule has 3 aromatic heterocycles. The standard InChI is InChI=1S/C28H31FN6O4S/c1-27(2)6-5-15(17-11-18(25(37)33-32-17)30-21-9-14-13-39-8-7-35(14)34-21)22(29)23(27)31-26(38)19-10-16-20(40-19)12-28(3,4)24(16)36/h5-6,9-11,23-24,36H,7-8,12-13H2,1-4H3,(H,31,38)(H,33,37)(H,30,32,34). The fourth-order valence-electron chi connectivity index (χ4n) is 5.40. The highest BCUT2D eigenvalue weighted by Gasteiger charge is 2.41. The van der Waals surface area contributed by atoms with Gasteiger partial charge in [-0.3, -0.25) is 14.3 Å². The summed E-state index contributed by atoms with van der Waals surface area (Å²) in [6, 6.07) is 4.01. The molecule has 0 saturated carbocycles. The van der Waals surface area contributed by atoms with E-state index in [1.165, 1.54) is 17.4 Å². The Morgan fingerprint density at radius 3 is 2.83 bits per heavy atom. The molecule has 1 aliphatic heterocycles. The molecule has 210 valence electrons. The molecule has 4 heterocycles. The Kier molecular flexibility index (Phi) is 6.32. The largest absolute Gasteiger partial charge is 0.388 e. The van der Waals surface area contributed by atoms with E-state index in [0.29, 0.717) is 36.9 Å². The molecule has 0 aromatic carbocycles. The quantitative estimate of drug-likeness (QED) is 0.367. The minimum Gasteiger partial charge on any atom is -0.388 e. The first-order chi connectivity index (χ1) is 18.9. The Morgan fingerprint density at radius 1 is 1.27 bits per heavy atom. The number of aromatic nitrogens is 4. The predicted molar refractivity (Wildman–Crippen MR) is 149 cm³/mol. The zero-order valence-electron chi connectivity index (χ0n) is 22.7. The van der Waals surface area contributed by atoms with Crippen molar-refractivity contribution in [1.29, 1.82) is 0 Å². The summed E-state index contributed by atoms with van der Waals surface area (Å²) >= 11 is 1.33. The molecule has 4 N–H and O–H groups in total. The number of aliphatic hydroxyl groups is 1. The number of nitrogens with one attached hydrogen (secondary N) is 3. The number of rotatable bonds is 5.